The van der Waals surface area contributed by atoms with E-state index < -0.39 is 24.1 Å². The third kappa shape index (κ3) is 3.60. The van der Waals surface area contributed by atoms with Gasteiger partial charge in [0.2, 0.25) is 5.91 Å². The molecule has 2 unspecified atom stereocenters. The molecule has 2 atom stereocenters. The van der Waals surface area contributed by atoms with Gasteiger partial charge in [0, 0.05) is 12.6 Å². The van der Waals surface area contributed by atoms with Crippen LogP contribution in [0.15, 0.2) is 0 Å². The van der Waals surface area contributed by atoms with E-state index in [4.69, 9.17) is 9.84 Å². The van der Waals surface area contributed by atoms with Gasteiger partial charge in [0.1, 0.15) is 12.1 Å². The summed E-state index contributed by atoms with van der Waals surface area (Å²) in [6.07, 6.45) is 1.92. The molecular weight excluding hydrogens is 266 g/mol. The first-order valence-electron chi connectivity index (χ1n) is 6.67. The van der Waals surface area contributed by atoms with E-state index in [2.05, 4.69) is 10.6 Å². The Labute approximate surface area is 116 Å². The first kappa shape index (κ1) is 14.6. The second-order valence-corrected chi connectivity index (χ2v) is 5.08. The molecule has 0 radical (unpaired) electrons. The molecule has 0 aromatic carbocycles. The maximum atomic E-state index is 12.1. The van der Waals surface area contributed by atoms with Gasteiger partial charge in [0.25, 0.3) is 0 Å². The first-order chi connectivity index (χ1) is 9.49. The van der Waals surface area contributed by atoms with Crippen molar-refractivity contribution in [3.05, 3.63) is 0 Å². The Bertz CT molecular complexity index is 410. The molecule has 0 aromatic rings. The minimum absolute atomic E-state index is 0.132. The van der Waals surface area contributed by atoms with E-state index in [1.807, 2.05) is 0 Å². The summed E-state index contributed by atoms with van der Waals surface area (Å²) in [6.45, 7) is 2.11. The lowest BCUT2D eigenvalue weighted by Gasteiger charge is -2.34. The zero-order valence-corrected chi connectivity index (χ0v) is 11.3. The molecular formula is C12H19N3O5. The zero-order chi connectivity index (χ0) is 14.7. The quantitative estimate of drug-likeness (QED) is 0.623. The number of nitrogens with one attached hydrogen (secondary N) is 2. The summed E-state index contributed by atoms with van der Waals surface area (Å²) in [6, 6.07) is -2.06. The fourth-order valence-electron chi connectivity index (χ4n) is 1.92. The number of rotatable bonds is 4. The second kappa shape index (κ2) is 6.08. The molecule has 2 rings (SSSR count). The van der Waals surface area contributed by atoms with Crippen molar-refractivity contribution in [3.8, 4) is 0 Å². The van der Waals surface area contributed by atoms with Gasteiger partial charge < -0.3 is 25.4 Å². The normalized spacial score (nSPS) is 23.9. The monoisotopic (exact) mass is 285 g/mol. The lowest BCUT2D eigenvalue weighted by molar-refractivity contribution is -0.138. The molecule has 1 saturated carbocycles. The van der Waals surface area contributed by atoms with E-state index in [0.29, 0.717) is 6.61 Å². The zero-order valence-electron chi connectivity index (χ0n) is 11.3. The molecule has 8 nitrogen and oxygen atoms in total. The number of carbonyl (C=O) groups is 3. The molecule has 1 aliphatic carbocycles. The lowest BCUT2D eigenvalue weighted by Crippen LogP contribution is -2.59. The van der Waals surface area contributed by atoms with E-state index in [0.717, 1.165) is 12.8 Å². The molecule has 0 spiro atoms. The van der Waals surface area contributed by atoms with Crippen LogP contribution in [0.3, 0.4) is 0 Å². The fraction of sp³-hybridized carbons (Fsp3) is 0.750. The Hall–Kier alpha value is -1.83. The average Bonchev–Trinajstić information content (AvgIpc) is 3.22. The molecule has 2 fully saturated rings. The van der Waals surface area contributed by atoms with Gasteiger partial charge in [0.15, 0.2) is 0 Å². The lowest BCUT2D eigenvalue weighted by atomic mass is 10.2. The number of carboxylic acids is 1. The topological polar surface area (TPSA) is 108 Å². The number of morpholine rings is 1. The standard InChI is InChI=1S/C12H19N3O5/c1-7(11(17)18)13-12(19)15-4-5-20-6-9(15)10(16)14-8-2-3-8/h7-9H,2-6H2,1H3,(H,13,19)(H,14,16)(H,17,18). The summed E-state index contributed by atoms with van der Waals surface area (Å²) in [4.78, 5) is 36.2. The molecule has 1 saturated heterocycles. The number of hydrogen-bond donors (Lipinski definition) is 3. The van der Waals surface area contributed by atoms with Gasteiger partial charge >= 0.3 is 12.0 Å². The van der Waals surface area contributed by atoms with Gasteiger partial charge in [-0.25, -0.2) is 4.79 Å². The Morgan fingerprint density at radius 2 is 2.05 bits per heavy atom. The van der Waals surface area contributed by atoms with Crippen molar-refractivity contribution in [1.29, 1.82) is 0 Å². The van der Waals surface area contributed by atoms with E-state index >= 15 is 0 Å². The van der Waals surface area contributed by atoms with Crippen molar-refractivity contribution in [1.82, 2.24) is 15.5 Å². The summed E-state index contributed by atoms with van der Waals surface area (Å²) in [7, 11) is 0. The Kier molecular flexibility index (Phi) is 4.43. The highest BCUT2D eigenvalue weighted by Gasteiger charge is 2.36. The molecule has 20 heavy (non-hydrogen) atoms. The number of ether oxygens (including phenoxy) is 1. The number of amides is 3. The fourth-order valence-corrected chi connectivity index (χ4v) is 1.92. The molecule has 3 N–H and O–H groups in total. The summed E-state index contributed by atoms with van der Waals surface area (Å²) >= 11 is 0. The smallest absolute Gasteiger partial charge is 0.325 e. The van der Waals surface area contributed by atoms with Crippen LogP contribution in [-0.4, -0.2) is 65.8 Å². The van der Waals surface area contributed by atoms with Crippen molar-refractivity contribution in [2.24, 2.45) is 0 Å². The van der Waals surface area contributed by atoms with Crippen LogP contribution in [0.25, 0.3) is 0 Å². The van der Waals surface area contributed by atoms with Crippen LogP contribution in [0.5, 0.6) is 0 Å². The average molecular weight is 285 g/mol. The molecule has 1 aliphatic heterocycles. The van der Waals surface area contributed by atoms with Crippen molar-refractivity contribution >= 4 is 17.9 Å². The summed E-state index contributed by atoms with van der Waals surface area (Å²) < 4.78 is 5.24. The van der Waals surface area contributed by atoms with E-state index in [1.54, 1.807) is 0 Å². The van der Waals surface area contributed by atoms with Gasteiger partial charge in [-0.2, -0.15) is 0 Å². The number of aliphatic carboxylic acids is 1. The largest absolute Gasteiger partial charge is 0.480 e. The van der Waals surface area contributed by atoms with Crippen LogP contribution >= 0.6 is 0 Å². The van der Waals surface area contributed by atoms with Crippen molar-refractivity contribution < 1.29 is 24.2 Å². The Morgan fingerprint density at radius 1 is 1.35 bits per heavy atom. The molecule has 112 valence electrons. The predicted octanol–water partition coefficient (Wildman–Crippen LogP) is -0.851. The predicted molar refractivity (Wildman–Crippen MR) is 68.1 cm³/mol. The van der Waals surface area contributed by atoms with Crippen LogP contribution in [0.4, 0.5) is 4.79 Å². The number of urea groups is 1. The molecule has 8 heteroatoms. The molecule has 3 amide bonds. The van der Waals surface area contributed by atoms with Crippen molar-refractivity contribution in [3.63, 3.8) is 0 Å². The number of carbonyl (C=O) groups excluding carboxylic acids is 2. The minimum Gasteiger partial charge on any atom is -0.480 e. The highest BCUT2D eigenvalue weighted by molar-refractivity contribution is 5.89. The van der Waals surface area contributed by atoms with Gasteiger partial charge in [0.05, 0.1) is 13.2 Å². The maximum absolute atomic E-state index is 12.1. The highest BCUT2D eigenvalue weighted by Crippen LogP contribution is 2.19. The van der Waals surface area contributed by atoms with Crippen molar-refractivity contribution in [2.75, 3.05) is 19.8 Å². The third-order valence-electron chi connectivity index (χ3n) is 3.33. The van der Waals surface area contributed by atoms with E-state index in [1.165, 1.54) is 11.8 Å². The number of carboxylic acid groups (broad SMARTS) is 1. The van der Waals surface area contributed by atoms with Crippen LogP contribution in [-0.2, 0) is 14.3 Å². The van der Waals surface area contributed by atoms with Crippen LogP contribution in [0.1, 0.15) is 19.8 Å². The van der Waals surface area contributed by atoms with Gasteiger partial charge in [-0.3, -0.25) is 9.59 Å². The van der Waals surface area contributed by atoms with Gasteiger partial charge in [-0.15, -0.1) is 0 Å². The number of nitrogens with zero attached hydrogens (tertiary/aromatic N) is 1. The molecule has 0 aromatic heterocycles. The first-order valence-corrected chi connectivity index (χ1v) is 6.67. The van der Waals surface area contributed by atoms with E-state index in [-0.39, 0.29) is 25.1 Å². The third-order valence-corrected chi connectivity index (χ3v) is 3.33. The van der Waals surface area contributed by atoms with E-state index in [9.17, 15) is 14.4 Å². The Balaban J connectivity index is 1.96. The highest BCUT2D eigenvalue weighted by atomic mass is 16.5. The minimum atomic E-state index is -1.12. The molecule has 2 aliphatic rings. The maximum Gasteiger partial charge on any atom is 0.325 e. The summed E-state index contributed by atoms with van der Waals surface area (Å²) in [5, 5.41) is 14.0. The van der Waals surface area contributed by atoms with Gasteiger partial charge in [-0.1, -0.05) is 0 Å². The van der Waals surface area contributed by atoms with Gasteiger partial charge in [-0.05, 0) is 19.8 Å². The van der Waals surface area contributed by atoms with Crippen LogP contribution < -0.4 is 10.6 Å². The summed E-state index contributed by atoms with van der Waals surface area (Å²) in [5.74, 6) is -1.36. The molecule has 0 bridgehead atoms. The second-order valence-electron chi connectivity index (χ2n) is 5.08. The van der Waals surface area contributed by atoms with Crippen LogP contribution in [0, 0.1) is 0 Å². The SMILES string of the molecule is CC(NC(=O)N1CCOCC1C(=O)NC1CC1)C(=O)O. The van der Waals surface area contributed by atoms with Crippen LogP contribution in [0.2, 0.25) is 0 Å². The number of hydrogen-bond acceptors (Lipinski definition) is 4. The summed E-state index contributed by atoms with van der Waals surface area (Å²) in [5.41, 5.74) is 0. The Morgan fingerprint density at radius 3 is 2.65 bits per heavy atom. The van der Waals surface area contributed by atoms with Crippen molar-refractivity contribution in [2.45, 2.75) is 37.9 Å². The molecule has 1 heterocycles.